The molecule has 0 saturated heterocycles. The van der Waals surface area contributed by atoms with Gasteiger partial charge in [-0.15, -0.1) is 0 Å². The van der Waals surface area contributed by atoms with Gasteiger partial charge in [0.05, 0.1) is 6.61 Å². The topological polar surface area (TPSA) is 31.2 Å². The second-order valence-corrected chi connectivity index (χ2v) is 5.51. The van der Waals surface area contributed by atoms with E-state index in [1.807, 2.05) is 55.6 Å². The number of hydrogen-bond donors (Lipinski definition) is 0. The lowest BCUT2D eigenvalue weighted by Crippen LogP contribution is -1.98. The van der Waals surface area contributed by atoms with Crippen molar-refractivity contribution in [1.29, 1.82) is 0 Å². The van der Waals surface area contributed by atoms with Gasteiger partial charge in [0.2, 0.25) is 0 Å². The minimum Gasteiger partial charge on any atom is -0.494 e. The summed E-state index contributed by atoms with van der Waals surface area (Å²) in [6.07, 6.45) is 2.75. The van der Waals surface area contributed by atoms with Crippen LogP contribution in [0.1, 0.15) is 22.8 Å². The van der Waals surface area contributed by atoms with Gasteiger partial charge in [0.1, 0.15) is 5.75 Å². The third kappa shape index (κ3) is 2.85. The number of benzene rings is 2. The van der Waals surface area contributed by atoms with Gasteiger partial charge in [-0.2, -0.15) is 0 Å². The molecule has 4 heteroatoms. The molecule has 0 aliphatic rings. The van der Waals surface area contributed by atoms with Gasteiger partial charge in [-0.1, -0.05) is 23.7 Å². The van der Waals surface area contributed by atoms with E-state index in [2.05, 4.69) is 4.57 Å². The van der Waals surface area contributed by atoms with Crippen LogP contribution in [0.3, 0.4) is 0 Å². The summed E-state index contributed by atoms with van der Waals surface area (Å²) in [4.78, 5) is 11.3. The Balaban J connectivity index is 2.04. The standard InChI is InChI=1S/C18H16ClNO2/c1-2-22-16-6-7-18-17(9-16)14(12-21)11-20(18)10-13-4-3-5-15(19)8-13/h3-9,11-12H,2,10H2,1H3. The van der Waals surface area contributed by atoms with Crippen molar-refractivity contribution in [2.75, 3.05) is 6.61 Å². The molecule has 3 aromatic rings. The van der Waals surface area contributed by atoms with Gasteiger partial charge in [-0.05, 0) is 42.8 Å². The van der Waals surface area contributed by atoms with Crippen molar-refractivity contribution in [3.05, 3.63) is 64.8 Å². The van der Waals surface area contributed by atoms with Crippen LogP contribution in [0, 0.1) is 0 Å². The van der Waals surface area contributed by atoms with Crippen LogP contribution in [0.15, 0.2) is 48.7 Å². The third-order valence-corrected chi connectivity index (χ3v) is 3.80. The Morgan fingerprint density at radius 1 is 1.23 bits per heavy atom. The predicted molar refractivity (Wildman–Crippen MR) is 89.0 cm³/mol. The van der Waals surface area contributed by atoms with Crippen molar-refractivity contribution in [3.63, 3.8) is 0 Å². The SMILES string of the molecule is CCOc1ccc2c(c1)c(C=O)cn2Cc1cccc(Cl)c1. The van der Waals surface area contributed by atoms with Crippen LogP contribution in [0.25, 0.3) is 10.9 Å². The van der Waals surface area contributed by atoms with Gasteiger partial charge in [0.25, 0.3) is 0 Å². The van der Waals surface area contributed by atoms with E-state index in [1.54, 1.807) is 0 Å². The fourth-order valence-electron chi connectivity index (χ4n) is 2.62. The highest BCUT2D eigenvalue weighted by Crippen LogP contribution is 2.26. The summed E-state index contributed by atoms with van der Waals surface area (Å²) in [6.45, 7) is 3.21. The van der Waals surface area contributed by atoms with Crippen molar-refractivity contribution >= 4 is 28.8 Å². The molecule has 112 valence electrons. The normalized spacial score (nSPS) is 10.8. The molecule has 2 aromatic carbocycles. The van der Waals surface area contributed by atoms with Crippen LogP contribution in [-0.4, -0.2) is 17.5 Å². The first kappa shape index (κ1) is 14.7. The smallest absolute Gasteiger partial charge is 0.152 e. The van der Waals surface area contributed by atoms with E-state index >= 15 is 0 Å². The summed E-state index contributed by atoms with van der Waals surface area (Å²) < 4.78 is 7.57. The lowest BCUT2D eigenvalue weighted by atomic mass is 10.2. The van der Waals surface area contributed by atoms with Crippen molar-refractivity contribution in [3.8, 4) is 5.75 Å². The van der Waals surface area contributed by atoms with Crippen LogP contribution >= 0.6 is 11.6 Å². The molecule has 0 spiro atoms. The number of carbonyl (C=O) groups is 1. The number of ether oxygens (including phenoxy) is 1. The van der Waals surface area contributed by atoms with Gasteiger partial charge < -0.3 is 9.30 Å². The largest absolute Gasteiger partial charge is 0.494 e. The van der Waals surface area contributed by atoms with Crippen LogP contribution in [0.2, 0.25) is 5.02 Å². The highest BCUT2D eigenvalue weighted by atomic mass is 35.5. The minimum absolute atomic E-state index is 0.602. The zero-order valence-electron chi connectivity index (χ0n) is 12.3. The van der Waals surface area contributed by atoms with Gasteiger partial charge >= 0.3 is 0 Å². The van der Waals surface area contributed by atoms with E-state index in [0.717, 1.165) is 28.5 Å². The second-order valence-electron chi connectivity index (χ2n) is 5.07. The number of carbonyl (C=O) groups excluding carboxylic acids is 1. The molecule has 1 aromatic heterocycles. The summed E-state index contributed by atoms with van der Waals surface area (Å²) in [5, 5.41) is 1.62. The molecule has 0 saturated carbocycles. The Morgan fingerprint density at radius 2 is 2.09 bits per heavy atom. The van der Waals surface area contributed by atoms with Gasteiger partial charge in [-0.3, -0.25) is 4.79 Å². The molecule has 0 amide bonds. The monoisotopic (exact) mass is 313 g/mol. The summed E-state index contributed by atoms with van der Waals surface area (Å²) in [7, 11) is 0. The maximum Gasteiger partial charge on any atom is 0.152 e. The summed E-state index contributed by atoms with van der Waals surface area (Å²) in [6, 6.07) is 13.6. The molecule has 0 fully saturated rings. The van der Waals surface area contributed by atoms with E-state index in [4.69, 9.17) is 16.3 Å². The quantitative estimate of drug-likeness (QED) is 0.647. The molecule has 0 radical (unpaired) electrons. The van der Waals surface area contributed by atoms with E-state index in [1.165, 1.54) is 0 Å². The number of rotatable bonds is 5. The molecule has 22 heavy (non-hydrogen) atoms. The Bertz CT molecular complexity index is 823. The van der Waals surface area contributed by atoms with Gasteiger partial charge in [-0.25, -0.2) is 0 Å². The summed E-state index contributed by atoms with van der Waals surface area (Å²) in [5.41, 5.74) is 2.76. The molecule has 1 heterocycles. The molecule has 0 bridgehead atoms. The zero-order chi connectivity index (χ0) is 15.5. The van der Waals surface area contributed by atoms with Crippen LogP contribution < -0.4 is 4.74 Å². The Labute approximate surface area is 134 Å². The molecule has 3 nitrogen and oxygen atoms in total. The maximum absolute atomic E-state index is 11.3. The van der Waals surface area contributed by atoms with E-state index in [-0.39, 0.29) is 0 Å². The third-order valence-electron chi connectivity index (χ3n) is 3.56. The lowest BCUT2D eigenvalue weighted by molar-refractivity contribution is 0.112. The second kappa shape index (κ2) is 6.24. The summed E-state index contributed by atoms with van der Waals surface area (Å²) in [5.74, 6) is 0.776. The molecule has 0 unspecified atom stereocenters. The molecule has 0 aliphatic carbocycles. The maximum atomic E-state index is 11.3. The highest BCUT2D eigenvalue weighted by Gasteiger charge is 2.10. The van der Waals surface area contributed by atoms with Crippen molar-refractivity contribution in [2.24, 2.45) is 0 Å². The number of halogens is 1. The number of fused-ring (bicyclic) bond motifs is 1. The van der Waals surface area contributed by atoms with Crippen molar-refractivity contribution in [1.82, 2.24) is 4.57 Å². The Hall–Kier alpha value is -2.26. The minimum atomic E-state index is 0.602. The fourth-order valence-corrected chi connectivity index (χ4v) is 2.83. The zero-order valence-corrected chi connectivity index (χ0v) is 13.0. The van der Waals surface area contributed by atoms with E-state index in [9.17, 15) is 4.79 Å². The number of hydrogen-bond acceptors (Lipinski definition) is 2. The van der Waals surface area contributed by atoms with Crippen molar-refractivity contribution in [2.45, 2.75) is 13.5 Å². The fraction of sp³-hybridized carbons (Fsp3) is 0.167. The number of aldehydes is 1. The highest BCUT2D eigenvalue weighted by molar-refractivity contribution is 6.30. The average molecular weight is 314 g/mol. The Morgan fingerprint density at radius 3 is 2.82 bits per heavy atom. The van der Waals surface area contributed by atoms with Gasteiger partial charge in [0.15, 0.2) is 6.29 Å². The first-order valence-electron chi connectivity index (χ1n) is 7.16. The average Bonchev–Trinajstić information content (AvgIpc) is 2.85. The van der Waals surface area contributed by atoms with E-state index in [0.29, 0.717) is 23.7 Å². The van der Waals surface area contributed by atoms with Crippen LogP contribution in [-0.2, 0) is 6.54 Å². The molecular weight excluding hydrogens is 298 g/mol. The molecule has 0 atom stereocenters. The number of nitrogens with zero attached hydrogens (tertiary/aromatic N) is 1. The van der Waals surface area contributed by atoms with Crippen LogP contribution in [0.4, 0.5) is 0 Å². The van der Waals surface area contributed by atoms with Gasteiger partial charge in [0, 0.05) is 34.2 Å². The lowest BCUT2D eigenvalue weighted by Gasteiger charge is -2.07. The summed E-state index contributed by atoms with van der Waals surface area (Å²) >= 11 is 6.04. The first-order chi connectivity index (χ1) is 10.7. The Kier molecular flexibility index (Phi) is 4.16. The van der Waals surface area contributed by atoms with Crippen LogP contribution in [0.5, 0.6) is 5.75 Å². The molecule has 3 rings (SSSR count). The first-order valence-corrected chi connectivity index (χ1v) is 7.54. The predicted octanol–water partition coefficient (Wildman–Crippen LogP) is 4.55. The van der Waals surface area contributed by atoms with E-state index < -0.39 is 0 Å². The molecular formula is C18H16ClNO2. The molecule has 0 aliphatic heterocycles. The van der Waals surface area contributed by atoms with Crippen molar-refractivity contribution < 1.29 is 9.53 Å². The number of aromatic nitrogens is 1. The molecule has 0 N–H and O–H groups in total.